The van der Waals surface area contributed by atoms with E-state index in [1.807, 2.05) is 4.90 Å². The highest BCUT2D eigenvalue weighted by molar-refractivity contribution is 5.80. The minimum atomic E-state index is -0.630. The summed E-state index contributed by atoms with van der Waals surface area (Å²) < 4.78 is 5.30. The molecule has 0 saturated carbocycles. The third-order valence-corrected chi connectivity index (χ3v) is 4.88. The fraction of sp³-hybridized carbons (Fsp3) is 0.611. The molecule has 1 aromatic rings. The second-order valence-corrected chi connectivity index (χ2v) is 6.44. The Morgan fingerprint density at radius 1 is 1.32 bits per heavy atom. The molecule has 120 valence electrons. The van der Waals surface area contributed by atoms with Crippen LogP contribution in [0.25, 0.3) is 0 Å². The van der Waals surface area contributed by atoms with Crippen molar-refractivity contribution in [3.63, 3.8) is 0 Å². The van der Waals surface area contributed by atoms with Crippen LogP contribution in [0, 0.1) is 5.92 Å². The third-order valence-electron chi connectivity index (χ3n) is 4.88. The van der Waals surface area contributed by atoms with Crippen molar-refractivity contribution < 1.29 is 14.3 Å². The highest BCUT2D eigenvalue weighted by atomic mass is 16.4. The van der Waals surface area contributed by atoms with Crippen LogP contribution < -0.4 is 0 Å². The van der Waals surface area contributed by atoms with E-state index in [1.165, 1.54) is 6.42 Å². The Hall–Kier alpha value is -1.55. The molecule has 1 amide bonds. The molecule has 1 N–H and O–H groups in total. The van der Waals surface area contributed by atoms with Crippen molar-refractivity contribution in [3.05, 3.63) is 36.3 Å². The molecule has 0 radical (unpaired) electrons. The highest BCUT2D eigenvalue weighted by Crippen LogP contribution is 2.30. The number of aliphatic hydroxyl groups excluding tert-OH is 1. The van der Waals surface area contributed by atoms with Gasteiger partial charge in [-0.05, 0) is 37.8 Å². The molecule has 2 aliphatic rings. The number of carbonyl (C=O) groups is 1. The predicted octanol–water partition coefficient (Wildman–Crippen LogP) is 3.44. The van der Waals surface area contributed by atoms with Gasteiger partial charge in [0.25, 0.3) is 0 Å². The number of likely N-dealkylation sites (tertiary alicyclic amines) is 1. The summed E-state index contributed by atoms with van der Waals surface area (Å²) in [4.78, 5) is 14.9. The number of furan rings is 1. The SMILES string of the molecule is O=C(C1CC=CC1)N1CCCCCC1CC(O)c1ccco1. The molecule has 0 aromatic carbocycles. The van der Waals surface area contributed by atoms with Crippen LogP contribution in [0.2, 0.25) is 0 Å². The van der Waals surface area contributed by atoms with Crippen molar-refractivity contribution in [1.82, 2.24) is 4.90 Å². The number of aliphatic hydroxyl groups is 1. The fourth-order valence-corrected chi connectivity index (χ4v) is 3.62. The Balaban J connectivity index is 1.68. The Labute approximate surface area is 131 Å². The van der Waals surface area contributed by atoms with Gasteiger partial charge in [-0.15, -0.1) is 0 Å². The Morgan fingerprint density at radius 3 is 2.86 bits per heavy atom. The number of amides is 1. The van der Waals surface area contributed by atoms with E-state index in [0.717, 1.165) is 38.6 Å². The lowest BCUT2D eigenvalue weighted by atomic mass is 9.99. The molecule has 3 rings (SSSR count). The van der Waals surface area contributed by atoms with E-state index in [2.05, 4.69) is 12.2 Å². The van der Waals surface area contributed by atoms with E-state index >= 15 is 0 Å². The molecular weight excluding hydrogens is 278 g/mol. The first kappa shape index (κ1) is 15.3. The van der Waals surface area contributed by atoms with Gasteiger partial charge < -0.3 is 14.4 Å². The standard InChI is InChI=1S/C18H25NO3/c20-16(17-10-6-12-22-17)13-15-9-2-1-5-11-19(15)18(21)14-7-3-4-8-14/h3-4,6,10,12,14-16,20H,1-2,5,7-9,11,13H2. The normalized spacial score (nSPS) is 24.4. The molecule has 4 nitrogen and oxygen atoms in total. The molecule has 1 fully saturated rings. The van der Waals surface area contributed by atoms with Crippen LogP contribution in [0.3, 0.4) is 0 Å². The van der Waals surface area contributed by atoms with Crippen LogP contribution in [0.4, 0.5) is 0 Å². The van der Waals surface area contributed by atoms with E-state index in [1.54, 1.807) is 18.4 Å². The maximum Gasteiger partial charge on any atom is 0.226 e. The van der Waals surface area contributed by atoms with Crippen molar-refractivity contribution in [2.24, 2.45) is 5.92 Å². The van der Waals surface area contributed by atoms with Crippen molar-refractivity contribution in [3.8, 4) is 0 Å². The lowest BCUT2D eigenvalue weighted by Gasteiger charge is -2.33. The van der Waals surface area contributed by atoms with E-state index in [0.29, 0.717) is 12.2 Å². The molecule has 2 unspecified atom stereocenters. The van der Waals surface area contributed by atoms with E-state index in [-0.39, 0.29) is 17.9 Å². The predicted molar refractivity (Wildman–Crippen MR) is 84.1 cm³/mol. The second-order valence-electron chi connectivity index (χ2n) is 6.44. The number of rotatable bonds is 4. The van der Waals surface area contributed by atoms with Crippen LogP contribution in [0.15, 0.2) is 35.0 Å². The molecule has 2 atom stereocenters. The maximum absolute atomic E-state index is 12.8. The topological polar surface area (TPSA) is 53.7 Å². The zero-order valence-corrected chi connectivity index (χ0v) is 13.0. The van der Waals surface area contributed by atoms with E-state index < -0.39 is 6.10 Å². The first-order chi connectivity index (χ1) is 10.8. The van der Waals surface area contributed by atoms with Crippen molar-refractivity contribution in [2.75, 3.05) is 6.54 Å². The zero-order chi connectivity index (χ0) is 15.4. The molecule has 1 aromatic heterocycles. The Kier molecular flexibility index (Phi) is 4.98. The number of carbonyl (C=O) groups excluding carboxylic acids is 1. The van der Waals surface area contributed by atoms with E-state index in [4.69, 9.17) is 4.42 Å². The fourth-order valence-electron chi connectivity index (χ4n) is 3.62. The summed E-state index contributed by atoms with van der Waals surface area (Å²) in [5.74, 6) is 0.976. The molecule has 1 saturated heterocycles. The van der Waals surface area contributed by atoms with Gasteiger partial charge in [0.05, 0.1) is 6.26 Å². The van der Waals surface area contributed by atoms with Gasteiger partial charge in [0.1, 0.15) is 11.9 Å². The summed E-state index contributed by atoms with van der Waals surface area (Å²) in [6.45, 7) is 0.824. The van der Waals surface area contributed by atoms with Crippen LogP contribution in [0.5, 0.6) is 0 Å². The molecule has 2 heterocycles. The lowest BCUT2D eigenvalue weighted by molar-refractivity contribution is -0.138. The van der Waals surface area contributed by atoms with Gasteiger partial charge in [0, 0.05) is 24.9 Å². The lowest BCUT2D eigenvalue weighted by Crippen LogP contribution is -2.43. The average Bonchev–Trinajstić information content (AvgIpc) is 3.18. The largest absolute Gasteiger partial charge is 0.467 e. The number of allylic oxidation sites excluding steroid dienone is 2. The van der Waals surface area contributed by atoms with Crippen molar-refractivity contribution in [1.29, 1.82) is 0 Å². The first-order valence-corrected chi connectivity index (χ1v) is 8.42. The Morgan fingerprint density at radius 2 is 2.14 bits per heavy atom. The zero-order valence-electron chi connectivity index (χ0n) is 13.0. The number of hydrogen-bond acceptors (Lipinski definition) is 3. The van der Waals surface area contributed by atoms with Crippen molar-refractivity contribution in [2.45, 2.75) is 57.1 Å². The molecule has 0 spiro atoms. The monoisotopic (exact) mass is 303 g/mol. The van der Waals surface area contributed by atoms with Crippen LogP contribution in [-0.4, -0.2) is 28.5 Å². The summed E-state index contributed by atoms with van der Waals surface area (Å²) in [5.41, 5.74) is 0. The van der Waals surface area contributed by atoms with Crippen LogP contribution in [-0.2, 0) is 4.79 Å². The van der Waals surface area contributed by atoms with Crippen LogP contribution >= 0.6 is 0 Å². The van der Waals surface area contributed by atoms with Gasteiger partial charge in [-0.2, -0.15) is 0 Å². The smallest absolute Gasteiger partial charge is 0.226 e. The summed E-state index contributed by atoms with van der Waals surface area (Å²) in [7, 11) is 0. The van der Waals surface area contributed by atoms with Gasteiger partial charge in [-0.25, -0.2) is 0 Å². The Bertz CT molecular complexity index is 500. The minimum absolute atomic E-state index is 0.112. The minimum Gasteiger partial charge on any atom is -0.467 e. The molecule has 4 heteroatoms. The summed E-state index contributed by atoms with van der Waals surface area (Å²) in [5, 5.41) is 10.4. The molecular formula is C18H25NO3. The van der Waals surface area contributed by atoms with E-state index in [9.17, 15) is 9.90 Å². The van der Waals surface area contributed by atoms with Crippen molar-refractivity contribution >= 4 is 5.91 Å². The molecule has 1 aliphatic heterocycles. The summed E-state index contributed by atoms with van der Waals surface area (Å²) in [6, 6.07) is 3.71. The molecule has 0 bridgehead atoms. The summed E-state index contributed by atoms with van der Waals surface area (Å²) >= 11 is 0. The third kappa shape index (κ3) is 3.43. The maximum atomic E-state index is 12.8. The average molecular weight is 303 g/mol. The molecule has 1 aliphatic carbocycles. The van der Waals surface area contributed by atoms with Gasteiger partial charge >= 0.3 is 0 Å². The second kappa shape index (κ2) is 7.14. The summed E-state index contributed by atoms with van der Waals surface area (Å²) in [6.07, 6.45) is 11.8. The van der Waals surface area contributed by atoms with Gasteiger partial charge in [0.15, 0.2) is 0 Å². The van der Waals surface area contributed by atoms with Gasteiger partial charge in [-0.1, -0.05) is 25.0 Å². The number of hydrogen-bond donors (Lipinski definition) is 1. The molecule has 22 heavy (non-hydrogen) atoms. The highest BCUT2D eigenvalue weighted by Gasteiger charge is 2.32. The van der Waals surface area contributed by atoms with Gasteiger partial charge in [-0.3, -0.25) is 4.79 Å². The quantitative estimate of drug-likeness (QED) is 0.867. The van der Waals surface area contributed by atoms with Crippen LogP contribution in [0.1, 0.15) is 56.8 Å². The van der Waals surface area contributed by atoms with Gasteiger partial charge in [0.2, 0.25) is 5.91 Å². The first-order valence-electron chi connectivity index (χ1n) is 8.42. The number of nitrogens with zero attached hydrogens (tertiary/aromatic N) is 1.